The van der Waals surface area contributed by atoms with Gasteiger partial charge in [0, 0.05) is 19.6 Å². The Balaban J connectivity index is 2.84. The van der Waals surface area contributed by atoms with E-state index in [9.17, 15) is 19.8 Å². The third-order valence-corrected chi connectivity index (χ3v) is 4.98. The minimum absolute atomic E-state index is 0.00650. The molecule has 0 spiro atoms. The molecule has 1 rings (SSSR count). The first-order chi connectivity index (χ1) is 9.92. The third kappa shape index (κ3) is 4.99. The second kappa shape index (κ2) is 8.37. The molecular weight excluding hydrogens is 270 g/mol. The molecule has 1 saturated carbocycles. The molecule has 4 unspecified atom stereocenters. The Labute approximate surface area is 127 Å². The first kappa shape index (κ1) is 18.0. The first-order valence-corrected chi connectivity index (χ1v) is 8.03. The largest absolute Gasteiger partial charge is 0.481 e. The van der Waals surface area contributed by atoms with Crippen LogP contribution in [0.4, 0.5) is 0 Å². The zero-order valence-electron chi connectivity index (χ0n) is 13.3. The van der Waals surface area contributed by atoms with Gasteiger partial charge in [0.2, 0.25) is 5.91 Å². The van der Waals surface area contributed by atoms with Crippen molar-refractivity contribution in [2.45, 2.75) is 58.9 Å². The van der Waals surface area contributed by atoms with Crippen LogP contribution >= 0.6 is 0 Å². The molecule has 5 nitrogen and oxygen atoms in total. The fourth-order valence-corrected chi connectivity index (χ4v) is 3.64. The summed E-state index contributed by atoms with van der Waals surface area (Å²) in [4.78, 5) is 22.7. The number of aliphatic carboxylic acids is 1. The van der Waals surface area contributed by atoms with E-state index >= 15 is 0 Å². The van der Waals surface area contributed by atoms with E-state index in [-0.39, 0.29) is 30.4 Å². The van der Waals surface area contributed by atoms with Crippen LogP contribution in [0.2, 0.25) is 0 Å². The van der Waals surface area contributed by atoms with Crippen molar-refractivity contribution < 1.29 is 19.8 Å². The molecule has 0 aromatic carbocycles. The predicted molar refractivity (Wildman–Crippen MR) is 80.7 cm³/mol. The van der Waals surface area contributed by atoms with Gasteiger partial charge in [0.05, 0.1) is 5.92 Å². The van der Waals surface area contributed by atoms with Gasteiger partial charge in [0.15, 0.2) is 0 Å². The van der Waals surface area contributed by atoms with Crippen LogP contribution in [0.1, 0.15) is 52.9 Å². The van der Waals surface area contributed by atoms with E-state index in [0.29, 0.717) is 18.8 Å². The fraction of sp³-hybridized carbons (Fsp3) is 0.875. The van der Waals surface area contributed by atoms with Crippen molar-refractivity contribution in [3.05, 3.63) is 0 Å². The highest BCUT2D eigenvalue weighted by Crippen LogP contribution is 2.40. The number of amides is 1. The van der Waals surface area contributed by atoms with Crippen LogP contribution < -0.4 is 5.32 Å². The van der Waals surface area contributed by atoms with E-state index in [1.54, 1.807) is 0 Å². The van der Waals surface area contributed by atoms with Gasteiger partial charge in [0.25, 0.3) is 0 Å². The van der Waals surface area contributed by atoms with Gasteiger partial charge in [-0.1, -0.05) is 26.7 Å². The zero-order valence-corrected chi connectivity index (χ0v) is 13.3. The second-order valence-corrected chi connectivity index (χ2v) is 6.34. The van der Waals surface area contributed by atoms with Gasteiger partial charge in [-0.05, 0) is 37.0 Å². The molecule has 0 saturated heterocycles. The average molecular weight is 299 g/mol. The van der Waals surface area contributed by atoms with E-state index < -0.39 is 11.9 Å². The molecule has 122 valence electrons. The van der Waals surface area contributed by atoms with E-state index in [1.165, 1.54) is 6.92 Å². The minimum atomic E-state index is -0.792. The molecule has 3 N–H and O–H groups in total. The maximum Gasteiger partial charge on any atom is 0.306 e. The number of carboxylic acids is 1. The van der Waals surface area contributed by atoms with Crippen LogP contribution in [0.25, 0.3) is 0 Å². The minimum Gasteiger partial charge on any atom is -0.481 e. The maximum absolute atomic E-state index is 11.5. The molecular formula is C16H29NO4. The van der Waals surface area contributed by atoms with Crippen molar-refractivity contribution in [2.75, 3.05) is 6.61 Å². The number of rotatable bonds is 8. The summed E-state index contributed by atoms with van der Waals surface area (Å²) in [5, 5.41) is 21.8. The summed E-state index contributed by atoms with van der Waals surface area (Å²) in [5.41, 5.74) is 0. The number of nitrogens with one attached hydrogen (secondary N) is 1. The van der Waals surface area contributed by atoms with Crippen LogP contribution in [0.15, 0.2) is 0 Å². The van der Waals surface area contributed by atoms with E-state index in [4.69, 9.17) is 0 Å². The lowest BCUT2D eigenvalue weighted by Gasteiger charge is -2.31. The summed E-state index contributed by atoms with van der Waals surface area (Å²) >= 11 is 0. The monoisotopic (exact) mass is 299 g/mol. The smallest absolute Gasteiger partial charge is 0.306 e. The average Bonchev–Trinajstić information content (AvgIpc) is 2.87. The van der Waals surface area contributed by atoms with Gasteiger partial charge in [-0.25, -0.2) is 0 Å². The molecule has 1 amide bonds. The fourth-order valence-electron chi connectivity index (χ4n) is 3.64. The molecule has 0 heterocycles. The van der Waals surface area contributed by atoms with E-state index in [0.717, 1.165) is 19.3 Å². The molecule has 21 heavy (non-hydrogen) atoms. The predicted octanol–water partition coefficient (Wildman–Crippen LogP) is 2.04. The van der Waals surface area contributed by atoms with Gasteiger partial charge >= 0.3 is 5.97 Å². The summed E-state index contributed by atoms with van der Waals surface area (Å²) in [6, 6.07) is -0.0334. The summed E-state index contributed by atoms with van der Waals surface area (Å²) in [6.45, 7) is 5.76. The molecule has 5 heteroatoms. The molecule has 4 atom stereocenters. The number of carboxylic acid groups (broad SMARTS) is 1. The normalized spacial score (nSPS) is 26.8. The van der Waals surface area contributed by atoms with Gasteiger partial charge < -0.3 is 15.5 Å². The number of aliphatic hydroxyl groups is 1. The SMILES string of the molecule is CCC(CC)CC(NC(C)=O)C1CC(C(=O)O)CC1CO. The second-order valence-electron chi connectivity index (χ2n) is 6.34. The van der Waals surface area contributed by atoms with Crippen molar-refractivity contribution in [2.24, 2.45) is 23.7 Å². The van der Waals surface area contributed by atoms with Crippen molar-refractivity contribution in [1.82, 2.24) is 5.32 Å². The number of hydrogen-bond donors (Lipinski definition) is 3. The maximum atomic E-state index is 11.5. The Morgan fingerprint density at radius 1 is 1.24 bits per heavy atom. The van der Waals surface area contributed by atoms with Gasteiger partial charge in [-0.2, -0.15) is 0 Å². The first-order valence-electron chi connectivity index (χ1n) is 8.03. The molecule has 0 bridgehead atoms. The third-order valence-electron chi connectivity index (χ3n) is 4.98. The summed E-state index contributed by atoms with van der Waals surface area (Å²) in [7, 11) is 0. The van der Waals surface area contributed by atoms with Crippen LogP contribution in [0.5, 0.6) is 0 Å². The van der Waals surface area contributed by atoms with Crippen LogP contribution in [0, 0.1) is 23.7 Å². The number of carbonyl (C=O) groups is 2. The molecule has 0 radical (unpaired) electrons. The van der Waals surface area contributed by atoms with E-state index in [1.807, 2.05) is 0 Å². The Kier molecular flexibility index (Phi) is 7.15. The Morgan fingerprint density at radius 3 is 2.29 bits per heavy atom. The van der Waals surface area contributed by atoms with Gasteiger partial charge in [0.1, 0.15) is 0 Å². The summed E-state index contributed by atoms with van der Waals surface area (Å²) in [6.07, 6.45) is 4.01. The zero-order chi connectivity index (χ0) is 16.0. The van der Waals surface area contributed by atoms with E-state index in [2.05, 4.69) is 19.2 Å². The van der Waals surface area contributed by atoms with Crippen molar-refractivity contribution >= 4 is 11.9 Å². The Bertz CT molecular complexity index is 354. The number of carbonyl (C=O) groups excluding carboxylic acids is 1. The molecule has 1 aliphatic rings. The standard InChI is InChI=1S/C16H29NO4/c1-4-11(5-2)6-15(17-10(3)19)14-8-12(16(20)21)7-13(14)9-18/h11-15,18H,4-9H2,1-3H3,(H,17,19)(H,20,21). The molecule has 0 aliphatic heterocycles. The van der Waals surface area contributed by atoms with Crippen molar-refractivity contribution in [1.29, 1.82) is 0 Å². The van der Waals surface area contributed by atoms with Gasteiger partial charge in [-0.15, -0.1) is 0 Å². The highest BCUT2D eigenvalue weighted by Gasteiger charge is 2.42. The Hall–Kier alpha value is -1.10. The Morgan fingerprint density at radius 2 is 1.86 bits per heavy atom. The molecule has 0 aromatic heterocycles. The number of hydrogen-bond acceptors (Lipinski definition) is 3. The topological polar surface area (TPSA) is 86.6 Å². The highest BCUT2D eigenvalue weighted by atomic mass is 16.4. The molecule has 1 aliphatic carbocycles. The molecule has 0 aromatic rings. The molecule has 1 fully saturated rings. The lowest BCUT2D eigenvalue weighted by Crippen LogP contribution is -2.42. The summed E-state index contributed by atoms with van der Waals surface area (Å²) in [5.74, 6) is -0.727. The highest BCUT2D eigenvalue weighted by molar-refractivity contribution is 5.73. The van der Waals surface area contributed by atoms with Crippen LogP contribution in [-0.4, -0.2) is 34.7 Å². The van der Waals surface area contributed by atoms with Crippen LogP contribution in [-0.2, 0) is 9.59 Å². The van der Waals surface area contributed by atoms with Crippen molar-refractivity contribution in [3.63, 3.8) is 0 Å². The number of aliphatic hydroxyl groups excluding tert-OH is 1. The van der Waals surface area contributed by atoms with Crippen LogP contribution in [0.3, 0.4) is 0 Å². The lowest BCUT2D eigenvalue weighted by atomic mass is 9.82. The quantitative estimate of drug-likeness (QED) is 0.640. The summed E-state index contributed by atoms with van der Waals surface area (Å²) < 4.78 is 0. The van der Waals surface area contributed by atoms with Gasteiger partial charge in [-0.3, -0.25) is 9.59 Å². The van der Waals surface area contributed by atoms with Crippen molar-refractivity contribution in [3.8, 4) is 0 Å². The lowest BCUT2D eigenvalue weighted by molar-refractivity contribution is -0.141.